The van der Waals surface area contributed by atoms with E-state index in [1.54, 1.807) is 37.6 Å². The molecule has 6 nitrogen and oxygen atoms in total. The van der Waals surface area contributed by atoms with Gasteiger partial charge in [-0.15, -0.1) is 0 Å². The Hall–Kier alpha value is -1.99. The zero-order valence-corrected chi connectivity index (χ0v) is 11.7. The second kappa shape index (κ2) is 4.84. The fourth-order valence-electron chi connectivity index (χ4n) is 2.14. The molecule has 0 bridgehead atoms. The number of rotatable bonds is 3. The largest absolute Gasteiger partial charge is 0.497 e. The Labute approximate surface area is 117 Å². The van der Waals surface area contributed by atoms with Gasteiger partial charge in [0, 0.05) is 18.3 Å². The molecule has 0 N–H and O–H groups in total. The number of sulfonamides is 1. The molecule has 0 atom stereocenters. The molecule has 7 heteroatoms. The van der Waals surface area contributed by atoms with Crippen LogP contribution >= 0.6 is 0 Å². The van der Waals surface area contributed by atoms with Crippen LogP contribution in [0.15, 0.2) is 41.7 Å². The Bertz CT molecular complexity index is 704. The molecule has 0 fully saturated rings. The van der Waals surface area contributed by atoms with Crippen molar-refractivity contribution < 1.29 is 13.2 Å². The van der Waals surface area contributed by atoms with Crippen LogP contribution in [0.3, 0.4) is 0 Å². The summed E-state index contributed by atoms with van der Waals surface area (Å²) in [4.78, 5) is 8.28. The maximum atomic E-state index is 12.5. The van der Waals surface area contributed by atoms with Gasteiger partial charge in [0.1, 0.15) is 12.1 Å². The van der Waals surface area contributed by atoms with Crippen molar-refractivity contribution >= 4 is 10.0 Å². The van der Waals surface area contributed by atoms with Gasteiger partial charge in [-0.25, -0.2) is 18.4 Å². The molecule has 0 saturated carbocycles. The summed E-state index contributed by atoms with van der Waals surface area (Å²) in [6.07, 6.45) is 3.09. The minimum absolute atomic E-state index is 0.249. The molecule has 1 aliphatic heterocycles. The molecular weight excluding hydrogens is 278 g/mol. The summed E-state index contributed by atoms with van der Waals surface area (Å²) in [6.45, 7) is 0.594. The number of aromatic nitrogens is 2. The Morgan fingerprint density at radius 1 is 1.20 bits per heavy atom. The third-order valence-electron chi connectivity index (χ3n) is 3.25. The molecule has 1 aromatic heterocycles. The molecule has 2 heterocycles. The molecule has 104 valence electrons. The number of hydrogen-bond acceptors (Lipinski definition) is 5. The van der Waals surface area contributed by atoms with Crippen LogP contribution in [-0.4, -0.2) is 29.8 Å². The van der Waals surface area contributed by atoms with Crippen LogP contribution in [0.25, 0.3) is 0 Å². The third-order valence-corrected chi connectivity index (χ3v) is 5.06. The molecule has 1 aromatic carbocycles. The van der Waals surface area contributed by atoms with Crippen molar-refractivity contribution in [2.75, 3.05) is 7.11 Å². The SMILES string of the molecule is COc1ccc(S(=O)(=O)N2Cc3cncnc3C2)cc1. The van der Waals surface area contributed by atoms with E-state index in [1.807, 2.05) is 0 Å². The average molecular weight is 291 g/mol. The first-order valence-corrected chi connectivity index (χ1v) is 7.47. The summed E-state index contributed by atoms with van der Waals surface area (Å²) in [5, 5.41) is 0. The van der Waals surface area contributed by atoms with Crippen LogP contribution in [0.4, 0.5) is 0 Å². The van der Waals surface area contributed by atoms with Crippen molar-refractivity contribution in [1.29, 1.82) is 0 Å². The van der Waals surface area contributed by atoms with Gasteiger partial charge < -0.3 is 4.74 Å². The first-order chi connectivity index (χ1) is 9.61. The lowest BCUT2D eigenvalue weighted by molar-refractivity contribution is 0.413. The molecular formula is C13H13N3O3S. The van der Waals surface area contributed by atoms with Crippen molar-refractivity contribution in [2.24, 2.45) is 0 Å². The van der Waals surface area contributed by atoms with Gasteiger partial charge in [0.25, 0.3) is 0 Å². The van der Waals surface area contributed by atoms with E-state index in [9.17, 15) is 8.42 Å². The number of benzene rings is 1. The number of nitrogens with zero attached hydrogens (tertiary/aromatic N) is 3. The van der Waals surface area contributed by atoms with E-state index in [2.05, 4.69) is 9.97 Å². The lowest BCUT2D eigenvalue weighted by atomic mass is 10.3. The van der Waals surface area contributed by atoms with Crippen LogP contribution in [0.2, 0.25) is 0 Å². The maximum absolute atomic E-state index is 12.5. The van der Waals surface area contributed by atoms with E-state index < -0.39 is 10.0 Å². The highest BCUT2D eigenvalue weighted by atomic mass is 32.2. The predicted octanol–water partition coefficient (Wildman–Crippen LogP) is 1.19. The molecule has 0 aliphatic carbocycles. The van der Waals surface area contributed by atoms with E-state index in [1.165, 1.54) is 10.6 Å². The van der Waals surface area contributed by atoms with Crippen molar-refractivity contribution in [3.63, 3.8) is 0 Å². The number of hydrogen-bond donors (Lipinski definition) is 0. The van der Waals surface area contributed by atoms with Crippen LogP contribution in [0.5, 0.6) is 5.75 Å². The van der Waals surface area contributed by atoms with Gasteiger partial charge in [0.05, 0.1) is 24.2 Å². The molecule has 20 heavy (non-hydrogen) atoms. The molecule has 0 saturated heterocycles. The van der Waals surface area contributed by atoms with Gasteiger partial charge in [0.2, 0.25) is 10.0 Å². The molecule has 3 rings (SSSR count). The molecule has 0 amide bonds. The van der Waals surface area contributed by atoms with Gasteiger partial charge >= 0.3 is 0 Å². The van der Waals surface area contributed by atoms with E-state index in [-0.39, 0.29) is 11.4 Å². The Kier molecular flexibility index (Phi) is 3.15. The summed E-state index contributed by atoms with van der Waals surface area (Å²) in [7, 11) is -1.98. The van der Waals surface area contributed by atoms with Crippen LogP contribution in [0.1, 0.15) is 11.3 Å². The third kappa shape index (κ3) is 2.14. The molecule has 0 radical (unpaired) electrons. The highest BCUT2D eigenvalue weighted by Gasteiger charge is 2.31. The topological polar surface area (TPSA) is 72.4 Å². The lowest BCUT2D eigenvalue weighted by Crippen LogP contribution is -2.25. The highest BCUT2D eigenvalue weighted by Crippen LogP contribution is 2.27. The van der Waals surface area contributed by atoms with Crippen molar-refractivity contribution in [1.82, 2.24) is 14.3 Å². The molecule has 2 aromatic rings. The van der Waals surface area contributed by atoms with Gasteiger partial charge in [-0.1, -0.05) is 0 Å². The fraction of sp³-hybridized carbons (Fsp3) is 0.231. The van der Waals surface area contributed by atoms with Gasteiger partial charge in [-0.05, 0) is 24.3 Å². The minimum Gasteiger partial charge on any atom is -0.497 e. The average Bonchev–Trinajstić information content (AvgIpc) is 2.92. The van der Waals surface area contributed by atoms with Crippen LogP contribution in [0, 0.1) is 0 Å². The summed E-state index contributed by atoms with van der Waals surface area (Å²) in [6, 6.07) is 6.36. The smallest absolute Gasteiger partial charge is 0.243 e. The first kappa shape index (κ1) is 13.0. The summed E-state index contributed by atoms with van der Waals surface area (Å²) < 4.78 is 31.5. The quantitative estimate of drug-likeness (QED) is 0.849. The van der Waals surface area contributed by atoms with E-state index >= 15 is 0 Å². The molecule has 0 spiro atoms. The van der Waals surface area contributed by atoms with Gasteiger partial charge in [-0.2, -0.15) is 4.31 Å². The van der Waals surface area contributed by atoms with Gasteiger partial charge in [0.15, 0.2) is 0 Å². The summed E-state index contributed by atoms with van der Waals surface area (Å²) in [5.41, 5.74) is 1.61. The second-order valence-corrected chi connectivity index (χ2v) is 6.38. The monoisotopic (exact) mass is 291 g/mol. The Balaban J connectivity index is 1.90. The normalized spacial score (nSPS) is 15.1. The van der Waals surface area contributed by atoms with Crippen molar-refractivity contribution in [2.45, 2.75) is 18.0 Å². The fourth-order valence-corrected chi connectivity index (χ4v) is 3.52. The first-order valence-electron chi connectivity index (χ1n) is 6.03. The van der Waals surface area contributed by atoms with Gasteiger partial charge in [-0.3, -0.25) is 0 Å². The zero-order chi connectivity index (χ0) is 14.2. The molecule has 1 aliphatic rings. The minimum atomic E-state index is -3.52. The molecule has 0 unspecified atom stereocenters. The van der Waals surface area contributed by atoms with E-state index in [4.69, 9.17) is 4.74 Å². The predicted molar refractivity (Wildman–Crippen MR) is 71.5 cm³/mol. The number of ether oxygens (including phenoxy) is 1. The summed E-state index contributed by atoms with van der Waals surface area (Å²) >= 11 is 0. The van der Waals surface area contributed by atoms with Crippen LogP contribution in [-0.2, 0) is 23.1 Å². The van der Waals surface area contributed by atoms with Crippen molar-refractivity contribution in [3.8, 4) is 5.75 Å². The Morgan fingerprint density at radius 3 is 2.60 bits per heavy atom. The van der Waals surface area contributed by atoms with E-state index in [0.29, 0.717) is 12.3 Å². The maximum Gasteiger partial charge on any atom is 0.243 e. The second-order valence-electron chi connectivity index (χ2n) is 4.44. The standard InChI is InChI=1S/C13H13N3O3S/c1-19-11-2-4-12(5-3-11)20(17,18)16-7-10-6-14-9-15-13(10)8-16/h2-6,9H,7-8H2,1H3. The number of methoxy groups -OCH3 is 1. The summed E-state index contributed by atoms with van der Waals surface area (Å²) in [5.74, 6) is 0.625. The highest BCUT2D eigenvalue weighted by molar-refractivity contribution is 7.89. The van der Waals surface area contributed by atoms with Crippen LogP contribution < -0.4 is 4.74 Å². The lowest BCUT2D eigenvalue weighted by Gasteiger charge is -2.15. The zero-order valence-electron chi connectivity index (χ0n) is 10.9. The van der Waals surface area contributed by atoms with E-state index in [0.717, 1.165) is 11.3 Å². The Morgan fingerprint density at radius 2 is 1.95 bits per heavy atom. The van der Waals surface area contributed by atoms with Crippen molar-refractivity contribution in [3.05, 3.63) is 48.0 Å². The number of fused-ring (bicyclic) bond motifs is 1.